The van der Waals surface area contributed by atoms with Gasteiger partial charge in [-0.05, 0) is 52.7 Å². The van der Waals surface area contributed by atoms with Gasteiger partial charge in [-0.25, -0.2) is 0 Å². The molecule has 4 N–H and O–H groups in total. The maximum Gasteiger partial charge on any atom is 0.313 e. The highest BCUT2D eigenvalue weighted by atomic mass is 16.3. The highest BCUT2D eigenvalue weighted by Crippen LogP contribution is 2.38. The van der Waals surface area contributed by atoms with Crippen LogP contribution in [0.1, 0.15) is 40.5 Å². The molecule has 3 rings (SSSR count). The number of anilines is 1. The molecule has 27 heavy (non-hydrogen) atoms. The molecular formula is C21H27N3O3. The Bertz CT molecular complexity index is 887. The molecule has 0 spiro atoms. The maximum absolute atomic E-state index is 13.1. The number of nitrogens with zero attached hydrogens (tertiary/aromatic N) is 1. The van der Waals surface area contributed by atoms with Crippen LogP contribution in [-0.2, 0) is 9.59 Å². The third-order valence-corrected chi connectivity index (χ3v) is 5.28. The van der Waals surface area contributed by atoms with Crippen LogP contribution in [0.15, 0.2) is 36.4 Å². The predicted molar refractivity (Wildman–Crippen MR) is 106 cm³/mol. The van der Waals surface area contributed by atoms with Crippen molar-refractivity contribution < 1.29 is 14.7 Å². The second-order valence-corrected chi connectivity index (χ2v) is 8.57. The minimum Gasteiger partial charge on any atom is -0.507 e. The van der Waals surface area contributed by atoms with E-state index < -0.39 is 22.9 Å². The Morgan fingerprint density at radius 1 is 1.04 bits per heavy atom. The van der Waals surface area contributed by atoms with Crippen LogP contribution in [0.3, 0.4) is 0 Å². The summed E-state index contributed by atoms with van der Waals surface area (Å²) in [4.78, 5) is 27.5. The van der Waals surface area contributed by atoms with Crippen molar-refractivity contribution in [2.75, 3.05) is 5.32 Å². The van der Waals surface area contributed by atoms with Gasteiger partial charge in [-0.3, -0.25) is 9.59 Å². The van der Waals surface area contributed by atoms with E-state index in [9.17, 15) is 14.7 Å². The van der Waals surface area contributed by atoms with Gasteiger partial charge in [0.15, 0.2) is 0 Å². The summed E-state index contributed by atoms with van der Waals surface area (Å²) in [5.74, 6) is -1.14. The molecule has 0 unspecified atom stereocenters. The molecule has 0 radical (unpaired) electrons. The lowest BCUT2D eigenvalue weighted by atomic mass is 9.77. The molecule has 0 atom stereocenters. The number of aromatic hydroxyl groups is 1. The zero-order valence-corrected chi connectivity index (χ0v) is 16.2. The number of phenolic OH excluding ortho intramolecular Hbond substituents is 1. The van der Waals surface area contributed by atoms with Crippen LogP contribution in [-0.4, -0.2) is 38.9 Å². The molecular weight excluding hydrogens is 342 g/mol. The molecule has 144 valence electrons. The van der Waals surface area contributed by atoms with Crippen LogP contribution < -0.4 is 11.1 Å². The lowest BCUT2D eigenvalue weighted by molar-refractivity contribution is -0.156. The molecule has 2 aromatic rings. The molecule has 1 aliphatic heterocycles. The van der Waals surface area contributed by atoms with Crippen LogP contribution >= 0.6 is 0 Å². The van der Waals surface area contributed by atoms with E-state index in [1.165, 1.54) is 0 Å². The van der Waals surface area contributed by atoms with Crippen LogP contribution in [0.2, 0.25) is 0 Å². The first-order valence-electron chi connectivity index (χ1n) is 9.15. The number of piperidine rings is 1. The molecule has 0 saturated carbocycles. The average Bonchev–Trinajstić information content (AvgIpc) is 2.53. The fraction of sp³-hybridized carbons (Fsp3) is 0.429. The van der Waals surface area contributed by atoms with E-state index in [-0.39, 0.29) is 11.8 Å². The molecule has 0 aliphatic carbocycles. The SMILES string of the molecule is CC1(C)CC(N)CC(C)(C)N1C(=O)C(=O)Nc1cccc2c(O)cccc12. The Balaban J connectivity index is 1.91. The first-order chi connectivity index (χ1) is 12.5. The number of nitrogens with one attached hydrogen (secondary N) is 1. The second kappa shape index (κ2) is 6.53. The van der Waals surface area contributed by atoms with Crippen LogP contribution in [0.5, 0.6) is 5.75 Å². The van der Waals surface area contributed by atoms with E-state index >= 15 is 0 Å². The Morgan fingerprint density at radius 3 is 2.22 bits per heavy atom. The predicted octanol–water partition coefficient (Wildman–Crippen LogP) is 2.99. The van der Waals surface area contributed by atoms with E-state index in [4.69, 9.17) is 5.73 Å². The molecule has 1 fully saturated rings. The van der Waals surface area contributed by atoms with Crippen molar-refractivity contribution in [3.05, 3.63) is 36.4 Å². The molecule has 1 aliphatic rings. The molecule has 2 aromatic carbocycles. The Morgan fingerprint density at radius 2 is 1.59 bits per heavy atom. The van der Waals surface area contributed by atoms with E-state index in [2.05, 4.69) is 5.32 Å². The summed E-state index contributed by atoms with van der Waals surface area (Å²) in [5.41, 5.74) is 5.61. The van der Waals surface area contributed by atoms with Crippen LogP contribution in [0, 0.1) is 0 Å². The van der Waals surface area contributed by atoms with Gasteiger partial charge in [-0.1, -0.05) is 24.3 Å². The molecule has 1 heterocycles. The zero-order chi connectivity index (χ0) is 20.0. The number of carbonyl (C=O) groups excluding carboxylic acids is 2. The van der Waals surface area contributed by atoms with Gasteiger partial charge in [0, 0.05) is 33.6 Å². The quantitative estimate of drug-likeness (QED) is 0.673. The molecule has 1 saturated heterocycles. The van der Waals surface area contributed by atoms with Crippen molar-refractivity contribution in [3.8, 4) is 5.75 Å². The van der Waals surface area contributed by atoms with Crippen molar-refractivity contribution in [3.63, 3.8) is 0 Å². The van der Waals surface area contributed by atoms with E-state index in [1.807, 2.05) is 27.7 Å². The third kappa shape index (κ3) is 3.49. The average molecular weight is 369 g/mol. The normalized spacial score (nSPS) is 19.1. The fourth-order valence-electron chi connectivity index (χ4n) is 4.59. The molecule has 6 heteroatoms. The second-order valence-electron chi connectivity index (χ2n) is 8.57. The van der Waals surface area contributed by atoms with Gasteiger partial charge < -0.3 is 21.1 Å². The van der Waals surface area contributed by atoms with E-state index in [0.29, 0.717) is 29.3 Å². The first-order valence-corrected chi connectivity index (χ1v) is 9.15. The van der Waals surface area contributed by atoms with E-state index in [0.717, 1.165) is 0 Å². The summed E-state index contributed by atoms with van der Waals surface area (Å²) < 4.78 is 0. The number of nitrogens with two attached hydrogens (primary N) is 1. The lowest BCUT2D eigenvalue weighted by Gasteiger charge is -2.54. The van der Waals surface area contributed by atoms with Crippen molar-refractivity contribution >= 4 is 28.3 Å². The zero-order valence-electron chi connectivity index (χ0n) is 16.2. The van der Waals surface area contributed by atoms with Gasteiger partial charge in [0.1, 0.15) is 5.75 Å². The van der Waals surface area contributed by atoms with Crippen LogP contribution in [0.25, 0.3) is 10.8 Å². The minimum absolute atomic E-state index is 0.0110. The topological polar surface area (TPSA) is 95.7 Å². The van der Waals surface area contributed by atoms with Gasteiger partial charge >= 0.3 is 11.8 Å². The number of hydrogen-bond donors (Lipinski definition) is 3. The first kappa shape index (κ1) is 19.2. The maximum atomic E-state index is 13.1. The molecule has 0 bridgehead atoms. The summed E-state index contributed by atoms with van der Waals surface area (Å²) >= 11 is 0. The fourth-order valence-corrected chi connectivity index (χ4v) is 4.59. The number of benzene rings is 2. The Labute approximate surface area is 159 Å². The lowest BCUT2D eigenvalue weighted by Crippen LogP contribution is -2.66. The standard InChI is InChI=1S/C21H27N3O3/c1-20(2)11-13(22)12-21(3,4)24(20)19(27)18(26)23-16-9-5-8-15-14(16)7-6-10-17(15)25/h5-10,13,25H,11-12,22H2,1-4H3,(H,23,26). The van der Waals surface area contributed by atoms with Crippen molar-refractivity contribution in [1.29, 1.82) is 0 Å². The highest BCUT2D eigenvalue weighted by Gasteiger charge is 2.48. The Kier molecular flexibility index (Phi) is 4.64. The van der Waals surface area contributed by atoms with Gasteiger partial charge in [0.25, 0.3) is 0 Å². The summed E-state index contributed by atoms with van der Waals surface area (Å²) in [6, 6.07) is 10.3. The summed E-state index contributed by atoms with van der Waals surface area (Å²) in [6.45, 7) is 7.76. The number of carbonyl (C=O) groups is 2. The highest BCUT2D eigenvalue weighted by molar-refractivity contribution is 6.40. The number of likely N-dealkylation sites (tertiary alicyclic amines) is 1. The van der Waals surface area contributed by atoms with Gasteiger partial charge in [0.05, 0.1) is 0 Å². The number of fused-ring (bicyclic) bond motifs is 1. The van der Waals surface area contributed by atoms with Gasteiger partial charge in [-0.15, -0.1) is 0 Å². The number of hydrogen-bond acceptors (Lipinski definition) is 4. The number of amides is 2. The van der Waals surface area contributed by atoms with Crippen LogP contribution in [0.4, 0.5) is 5.69 Å². The molecule has 6 nitrogen and oxygen atoms in total. The largest absolute Gasteiger partial charge is 0.507 e. The molecule has 0 aromatic heterocycles. The number of phenols is 1. The van der Waals surface area contributed by atoms with Crippen molar-refractivity contribution in [2.45, 2.75) is 57.7 Å². The number of rotatable bonds is 1. The summed E-state index contributed by atoms with van der Waals surface area (Å²) in [5, 5.41) is 14.0. The van der Waals surface area contributed by atoms with Crippen molar-refractivity contribution in [2.24, 2.45) is 5.73 Å². The van der Waals surface area contributed by atoms with Gasteiger partial charge in [0.2, 0.25) is 0 Å². The Hall–Kier alpha value is -2.60. The summed E-state index contributed by atoms with van der Waals surface area (Å²) in [7, 11) is 0. The summed E-state index contributed by atoms with van der Waals surface area (Å²) in [6.07, 6.45) is 1.27. The molecule has 2 amide bonds. The third-order valence-electron chi connectivity index (χ3n) is 5.28. The monoisotopic (exact) mass is 369 g/mol. The van der Waals surface area contributed by atoms with E-state index in [1.54, 1.807) is 41.3 Å². The smallest absolute Gasteiger partial charge is 0.313 e. The van der Waals surface area contributed by atoms with Gasteiger partial charge in [-0.2, -0.15) is 0 Å². The minimum atomic E-state index is -0.692. The van der Waals surface area contributed by atoms with Crippen molar-refractivity contribution in [1.82, 2.24) is 4.90 Å².